The number of alkyl halides is 1. The van der Waals surface area contributed by atoms with Crippen molar-refractivity contribution in [2.24, 2.45) is 0 Å². The van der Waals surface area contributed by atoms with Gasteiger partial charge < -0.3 is 4.74 Å². The first kappa shape index (κ1) is 12.4. The molecule has 0 fully saturated rings. The van der Waals surface area contributed by atoms with Gasteiger partial charge in [-0.15, -0.1) is 23.4 Å². The van der Waals surface area contributed by atoms with Crippen LogP contribution in [0.5, 0.6) is 0 Å². The maximum absolute atomic E-state index is 11.2. The maximum atomic E-state index is 11.2. The molecule has 1 unspecified atom stereocenters. The van der Waals surface area contributed by atoms with Crippen LogP contribution in [0.15, 0.2) is 30.3 Å². The molecule has 0 heterocycles. The van der Waals surface area contributed by atoms with Gasteiger partial charge in [0.25, 0.3) is 0 Å². The highest BCUT2D eigenvalue weighted by Gasteiger charge is 2.18. The normalized spacial score (nSPS) is 12.1. The molecule has 4 heteroatoms. The molecule has 1 rings (SSSR count). The molecule has 0 aliphatic carbocycles. The second-order valence-corrected chi connectivity index (χ2v) is 4.46. The van der Waals surface area contributed by atoms with E-state index in [0.29, 0.717) is 0 Å². The molecule has 1 aromatic carbocycles. The number of carbonyl (C=O) groups is 1. The third kappa shape index (κ3) is 4.14. The van der Waals surface area contributed by atoms with Crippen LogP contribution in [0.3, 0.4) is 0 Å². The van der Waals surface area contributed by atoms with Gasteiger partial charge in [-0.05, 0) is 5.56 Å². The average molecular weight is 245 g/mol. The lowest BCUT2D eigenvalue weighted by Gasteiger charge is -2.10. The summed E-state index contributed by atoms with van der Waals surface area (Å²) in [6, 6.07) is 9.96. The zero-order valence-corrected chi connectivity index (χ0v) is 10.1. The Morgan fingerprint density at radius 1 is 1.47 bits per heavy atom. The fourth-order valence-corrected chi connectivity index (χ4v) is 2.38. The van der Waals surface area contributed by atoms with Crippen molar-refractivity contribution >= 4 is 29.3 Å². The van der Waals surface area contributed by atoms with E-state index in [1.54, 1.807) is 0 Å². The van der Waals surface area contributed by atoms with Crippen molar-refractivity contribution in [2.75, 3.05) is 13.0 Å². The minimum absolute atomic E-state index is 0.258. The minimum atomic E-state index is -0.281. The average Bonchev–Trinajstić information content (AvgIpc) is 2.31. The van der Waals surface area contributed by atoms with Crippen LogP contribution in [0.4, 0.5) is 0 Å². The number of benzene rings is 1. The monoisotopic (exact) mass is 244 g/mol. The van der Waals surface area contributed by atoms with Crippen molar-refractivity contribution in [3.05, 3.63) is 35.9 Å². The Kier molecular flexibility index (Phi) is 5.58. The Morgan fingerprint density at radius 2 is 2.13 bits per heavy atom. The number of thioether (sulfide) groups is 1. The molecule has 0 aliphatic heterocycles. The zero-order chi connectivity index (χ0) is 11.1. The topological polar surface area (TPSA) is 26.3 Å². The summed E-state index contributed by atoms with van der Waals surface area (Å²) >= 11 is 7.19. The summed E-state index contributed by atoms with van der Waals surface area (Å²) < 4.78 is 4.65. The summed E-state index contributed by atoms with van der Waals surface area (Å²) in [5.74, 6) is 0.795. The van der Waals surface area contributed by atoms with Gasteiger partial charge in [0.05, 0.1) is 7.11 Å². The van der Waals surface area contributed by atoms with Gasteiger partial charge in [-0.3, -0.25) is 4.79 Å². The van der Waals surface area contributed by atoms with E-state index >= 15 is 0 Å². The fourth-order valence-electron chi connectivity index (χ4n) is 1.08. The predicted molar refractivity (Wildman–Crippen MR) is 64.3 cm³/mol. The fraction of sp³-hybridized carbons (Fsp3) is 0.364. The van der Waals surface area contributed by atoms with Crippen LogP contribution in [0, 0.1) is 0 Å². The largest absolute Gasteiger partial charge is 0.468 e. The molecule has 1 atom stereocenters. The Labute approximate surface area is 99.0 Å². The second-order valence-electron chi connectivity index (χ2n) is 2.96. The SMILES string of the molecule is COC(=O)C(CCl)SCc1ccccc1. The first-order chi connectivity index (χ1) is 7.27. The molecule has 15 heavy (non-hydrogen) atoms. The molecule has 0 saturated carbocycles. The van der Waals surface area contributed by atoms with Crippen molar-refractivity contribution < 1.29 is 9.53 Å². The van der Waals surface area contributed by atoms with E-state index in [1.165, 1.54) is 24.4 Å². The molecule has 0 saturated heterocycles. The van der Waals surface area contributed by atoms with E-state index in [9.17, 15) is 4.79 Å². The van der Waals surface area contributed by atoms with E-state index in [1.807, 2.05) is 30.3 Å². The Bertz CT molecular complexity index is 303. The van der Waals surface area contributed by atoms with E-state index in [-0.39, 0.29) is 17.1 Å². The van der Waals surface area contributed by atoms with E-state index in [2.05, 4.69) is 4.74 Å². The summed E-state index contributed by atoms with van der Waals surface area (Å²) in [5.41, 5.74) is 1.18. The molecule has 0 aromatic heterocycles. The third-order valence-electron chi connectivity index (χ3n) is 1.90. The number of rotatable bonds is 5. The van der Waals surface area contributed by atoms with Gasteiger partial charge in [0.15, 0.2) is 0 Å². The van der Waals surface area contributed by atoms with E-state index in [0.717, 1.165) is 5.75 Å². The minimum Gasteiger partial charge on any atom is -0.468 e. The summed E-state index contributed by atoms with van der Waals surface area (Å²) in [6.07, 6.45) is 0. The molecular weight excluding hydrogens is 232 g/mol. The molecular formula is C11H13ClO2S. The maximum Gasteiger partial charge on any atom is 0.320 e. The Morgan fingerprint density at radius 3 is 2.67 bits per heavy atom. The number of ether oxygens (including phenoxy) is 1. The highest BCUT2D eigenvalue weighted by molar-refractivity contribution is 7.99. The van der Waals surface area contributed by atoms with Gasteiger partial charge in [0.2, 0.25) is 0 Å². The van der Waals surface area contributed by atoms with E-state index < -0.39 is 0 Å². The van der Waals surface area contributed by atoms with Crippen molar-refractivity contribution in [2.45, 2.75) is 11.0 Å². The lowest BCUT2D eigenvalue weighted by molar-refractivity contribution is -0.139. The number of halogens is 1. The quantitative estimate of drug-likeness (QED) is 0.589. The predicted octanol–water partition coefficient (Wildman–Crippen LogP) is 2.70. The van der Waals surface area contributed by atoms with Crippen molar-refractivity contribution in [3.8, 4) is 0 Å². The van der Waals surface area contributed by atoms with Gasteiger partial charge in [-0.25, -0.2) is 0 Å². The Hall–Kier alpha value is -0.670. The number of carbonyl (C=O) groups excluding carboxylic acids is 1. The van der Waals surface area contributed by atoms with Gasteiger partial charge in [-0.2, -0.15) is 0 Å². The lowest BCUT2D eigenvalue weighted by atomic mass is 10.2. The standard InChI is InChI=1S/C11H13ClO2S/c1-14-11(13)10(7-12)15-8-9-5-3-2-4-6-9/h2-6,10H,7-8H2,1H3. The highest BCUT2D eigenvalue weighted by atomic mass is 35.5. The van der Waals surface area contributed by atoms with Gasteiger partial charge in [-0.1, -0.05) is 30.3 Å². The van der Waals surface area contributed by atoms with Crippen molar-refractivity contribution in [3.63, 3.8) is 0 Å². The summed E-state index contributed by atoms with van der Waals surface area (Å²) in [7, 11) is 1.38. The van der Waals surface area contributed by atoms with Gasteiger partial charge in [0, 0.05) is 11.6 Å². The smallest absolute Gasteiger partial charge is 0.320 e. The zero-order valence-electron chi connectivity index (χ0n) is 8.48. The first-order valence-electron chi connectivity index (χ1n) is 4.57. The first-order valence-corrected chi connectivity index (χ1v) is 6.15. The highest BCUT2D eigenvalue weighted by Crippen LogP contribution is 2.19. The summed E-state index contributed by atoms with van der Waals surface area (Å²) in [5, 5.41) is -0.281. The number of hydrogen-bond acceptors (Lipinski definition) is 3. The van der Waals surface area contributed by atoms with Crippen LogP contribution in [-0.2, 0) is 15.3 Å². The molecule has 82 valence electrons. The molecule has 0 bridgehead atoms. The molecule has 1 aromatic rings. The van der Waals surface area contributed by atoms with Gasteiger partial charge >= 0.3 is 5.97 Å². The molecule has 0 radical (unpaired) electrons. The van der Waals surface area contributed by atoms with Crippen LogP contribution in [0.25, 0.3) is 0 Å². The van der Waals surface area contributed by atoms with E-state index in [4.69, 9.17) is 11.6 Å². The lowest BCUT2D eigenvalue weighted by Crippen LogP contribution is -2.20. The summed E-state index contributed by atoms with van der Waals surface area (Å²) in [4.78, 5) is 11.2. The third-order valence-corrected chi connectivity index (χ3v) is 3.65. The summed E-state index contributed by atoms with van der Waals surface area (Å²) in [6.45, 7) is 0. The molecule has 2 nitrogen and oxygen atoms in total. The van der Waals surface area contributed by atoms with Crippen LogP contribution >= 0.6 is 23.4 Å². The van der Waals surface area contributed by atoms with Crippen LogP contribution in [0.2, 0.25) is 0 Å². The Balaban J connectivity index is 2.44. The molecule has 0 spiro atoms. The van der Waals surface area contributed by atoms with Crippen molar-refractivity contribution in [1.82, 2.24) is 0 Å². The van der Waals surface area contributed by atoms with Crippen LogP contribution in [-0.4, -0.2) is 24.2 Å². The number of methoxy groups -OCH3 is 1. The van der Waals surface area contributed by atoms with Crippen molar-refractivity contribution in [1.29, 1.82) is 0 Å². The van der Waals surface area contributed by atoms with Crippen LogP contribution in [0.1, 0.15) is 5.56 Å². The van der Waals surface area contributed by atoms with Gasteiger partial charge in [0.1, 0.15) is 5.25 Å². The second kappa shape index (κ2) is 6.75. The van der Waals surface area contributed by atoms with Crippen LogP contribution < -0.4 is 0 Å². The molecule has 0 aliphatic rings. The molecule has 0 amide bonds. The number of esters is 1. The molecule has 0 N–H and O–H groups in total. The number of hydrogen-bond donors (Lipinski definition) is 0.